The van der Waals surface area contributed by atoms with Crippen molar-refractivity contribution in [2.75, 3.05) is 0 Å². The zero-order valence-electron chi connectivity index (χ0n) is 24.5. The van der Waals surface area contributed by atoms with Crippen molar-refractivity contribution >= 4 is 43.1 Å². The second kappa shape index (κ2) is 9.89. The van der Waals surface area contributed by atoms with E-state index in [1.165, 1.54) is 70.9 Å². The van der Waals surface area contributed by atoms with Crippen LogP contribution in [-0.2, 0) is 0 Å². The van der Waals surface area contributed by atoms with E-state index in [9.17, 15) is 0 Å². The Hall–Kier alpha value is -5.34. The fourth-order valence-electron chi connectivity index (χ4n) is 6.73. The Morgan fingerprint density at radius 3 is 1.40 bits per heavy atom. The molecule has 0 aliphatic rings. The maximum atomic E-state index is 4.88. The van der Waals surface area contributed by atoms with Crippen LogP contribution < -0.4 is 0 Å². The van der Waals surface area contributed by atoms with Crippen LogP contribution in [0.3, 0.4) is 0 Å². The monoisotopic (exact) mass is 550 g/mol. The maximum Gasteiger partial charge on any atom is 0.159 e. The average molecular weight is 551 g/mol. The molecular weight excluding hydrogens is 520 g/mol. The minimum atomic E-state index is 0.779. The fraction of sp³-hybridized carbons (Fsp3) is 0.0732. The van der Waals surface area contributed by atoms with E-state index in [0.717, 1.165) is 22.8 Å². The highest BCUT2D eigenvalue weighted by molar-refractivity contribution is 6.22. The predicted octanol–water partition coefficient (Wildman–Crippen LogP) is 11.0. The third kappa shape index (κ3) is 4.26. The molecule has 0 aliphatic carbocycles. The number of benzene rings is 7. The number of aromatic nitrogens is 2. The summed E-state index contributed by atoms with van der Waals surface area (Å²) in [6.07, 6.45) is 0. The number of hydrogen-bond acceptors (Lipinski definition) is 2. The molecule has 0 saturated heterocycles. The summed E-state index contributed by atoms with van der Waals surface area (Å²) in [6.45, 7) is 6.27. The first-order valence-corrected chi connectivity index (χ1v) is 14.8. The second-order valence-electron chi connectivity index (χ2n) is 11.6. The van der Waals surface area contributed by atoms with Crippen LogP contribution in [0.5, 0.6) is 0 Å². The summed E-state index contributed by atoms with van der Waals surface area (Å²) in [5.74, 6) is 0.779. The molecular formula is C41H30N2. The molecule has 1 aromatic heterocycles. The lowest BCUT2D eigenvalue weighted by atomic mass is 9.83. The fourth-order valence-corrected chi connectivity index (χ4v) is 6.73. The number of hydrogen-bond donors (Lipinski definition) is 0. The van der Waals surface area contributed by atoms with E-state index in [-0.39, 0.29) is 0 Å². The van der Waals surface area contributed by atoms with Crippen LogP contribution in [0.1, 0.15) is 17.0 Å². The molecule has 0 N–H and O–H groups in total. The highest BCUT2D eigenvalue weighted by Gasteiger charge is 2.20. The lowest BCUT2D eigenvalue weighted by molar-refractivity contribution is 1.06. The molecule has 43 heavy (non-hydrogen) atoms. The first-order valence-electron chi connectivity index (χ1n) is 14.8. The Balaban J connectivity index is 1.53. The van der Waals surface area contributed by atoms with E-state index in [2.05, 4.69) is 128 Å². The minimum Gasteiger partial charge on any atom is -0.233 e. The van der Waals surface area contributed by atoms with E-state index >= 15 is 0 Å². The zero-order valence-corrected chi connectivity index (χ0v) is 24.5. The standard InChI is InChI=1S/C41H30N2/c1-25-20-37-38(24-36(25)41-42-26(2)21-27(3)43-41)40(33-19-17-29-11-5-7-13-31(29)23-33)35-15-9-8-14-34(35)39(37)32-18-16-28-10-4-6-12-30(28)22-32/h4-24H,1-3H3. The van der Waals surface area contributed by atoms with Gasteiger partial charge >= 0.3 is 0 Å². The van der Waals surface area contributed by atoms with Crippen LogP contribution in [0.25, 0.3) is 76.7 Å². The van der Waals surface area contributed by atoms with Gasteiger partial charge in [0, 0.05) is 17.0 Å². The van der Waals surface area contributed by atoms with Gasteiger partial charge in [-0.2, -0.15) is 0 Å². The average Bonchev–Trinajstić information content (AvgIpc) is 3.02. The molecule has 0 amide bonds. The summed E-state index contributed by atoms with van der Waals surface area (Å²) in [7, 11) is 0. The van der Waals surface area contributed by atoms with E-state index < -0.39 is 0 Å². The van der Waals surface area contributed by atoms with Crippen molar-refractivity contribution < 1.29 is 0 Å². The van der Waals surface area contributed by atoms with Gasteiger partial charge in [0.2, 0.25) is 0 Å². The first-order chi connectivity index (χ1) is 21.0. The summed E-state index contributed by atoms with van der Waals surface area (Å²) >= 11 is 0. The molecule has 8 aromatic rings. The van der Waals surface area contributed by atoms with Crippen molar-refractivity contribution in [2.45, 2.75) is 20.8 Å². The van der Waals surface area contributed by atoms with Crippen molar-refractivity contribution in [2.24, 2.45) is 0 Å². The molecule has 0 bridgehead atoms. The van der Waals surface area contributed by atoms with Crippen molar-refractivity contribution in [3.63, 3.8) is 0 Å². The maximum absolute atomic E-state index is 4.88. The zero-order chi connectivity index (χ0) is 29.1. The summed E-state index contributed by atoms with van der Waals surface area (Å²) in [4.78, 5) is 9.76. The Morgan fingerprint density at radius 1 is 0.395 bits per heavy atom. The van der Waals surface area contributed by atoms with Gasteiger partial charge in [-0.1, -0.05) is 103 Å². The van der Waals surface area contributed by atoms with E-state index in [0.29, 0.717) is 0 Å². The summed E-state index contributed by atoms with van der Waals surface area (Å²) in [5, 5.41) is 9.91. The van der Waals surface area contributed by atoms with Crippen LogP contribution in [0.15, 0.2) is 127 Å². The molecule has 0 saturated carbocycles. The Kier molecular flexibility index (Phi) is 5.84. The predicted molar refractivity (Wildman–Crippen MR) is 183 cm³/mol. The van der Waals surface area contributed by atoms with Gasteiger partial charge in [-0.25, -0.2) is 9.97 Å². The Labute approximate surface area is 251 Å². The normalized spacial score (nSPS) is 11.6. The van der Waals surface area contributed by atoms with E-state index in [1.807, 2.05) is 19.9 Å². The Bertz CT molecular complexity index is 2360. The molecule has 0 atom stereocenters. The van der Waals surface area contributed by atoms with Crippen LogP contribution in [0.2, 0.25) is 0 Å². The molecule has 2 heteroatoms. The third-order valence-corrected chi connectivity index (χ3v) is 8.67. The van der Waals surface area contributed by atoms with Crippen LogP contribution in [0, 0.1) is 20.8 Å². The van der Waals surface area contributed by atoms with Gasteiger partial charge in [0.15, 0.2) is 5.82 Å². The van der Waals surface area contributed by atoms with E-state index in [4.69, 9.17) is 9.97 Å². The van der Waals surface area contributed by atoms with Gasteiger partial charge in [0.1, 0.15) is 0 Å². The number of fused-ring (bicyclic) bond motifs is 4. The topological polar surface area (TPSA) is 25.8 Å². The van der Waals surface area contributed by atoms with Crippen molar-refractivity contribution in [1.82, 2.24) is 9.97 Å². The summed E-state index contributed by atoms with van der Waals surface area (Å²) in [5.41, 5.74) is 9.13. The van der Waals surface area contributed by atoms with Crippen LogP contribution in [0.4, 0.5) is 0 Å². The van der Waals surface area contributed by atoms with Gasteiger partial charge in [-0.05, 0) is 116 Å². The molecule has 7 aromatic carbocycles. The molecule has 8 rings (SSSR count). The molecule has 2 nitrogen and oxygen atoms in total. The number of aryl methyl sites for hydroxylation is 3. The van der Waals surface area contributed by atoms with E-state index in [1.54, 1.807) is 0 Å². The van der Waals surface area contributed by atoms with Gasteiger partial charge in [0.05, 0.1) is 0 Å². The first kappa shape index (κ1) is 25.4. The van der Waals surface area contributed by atoms with Gasteiger partial charge < -0.3 is 0 Å². The van der Waals surface area contributed by atoms with Crippen molar-refractivity contribution in [1.29, 1.82) is 0 Å². The third-order valence-electron chi connectivity index (χ3n) is 8.67. The quantitative estimate of drug-likeness (QED) is 0.204. The highest BCUT2D eigenvalue weighted by atomic mass is 14.9. The summed E-state index contributed by atoms with van der Waals surface area (Å²) in [6, 6.07) is 46.5. The van der Waals surface area contributed by atoms with Crippen molar-refractivity contribution in [3.05, 3.63) is 144 Å². The van der Waals surface area contributed by atoms with Crippen LogP contribution in [-0.4, -0.2) is 9.97 Å². The number of rotatable bonds is 3. The highest BCUT2D eigenvalue weighted by Crippen LogP contribution is 2.46. The molecule has 204 valence electrons. The summed E-state index contributed by atoms with van der Waals surface area (Å²) < 4.78 is 0. The largest absolute Gasteiger partial charge is 0.233 e. The number of nitrogens with zero attached hydrogens (tertiary/aromatic N) is 2. The second-order valence-corrected chi connectivity index (χ2v) is 11.6. The van der Waals surface area contributed by atoms with Crippen LogP contribution >= 0.6 is 0 Å². The minimum absolute atomic E-state index is 0.779. The molecule has 0 spiro atoms. The Morgan fingerprint density at radius 2 is 0.860 bits per heavy atom. The molecule has 0 fully saturated rings. The smallest absolute Gasteiger partial charge is 0.159 e. The lowest BCUT2D eigenvalue weighted by Crippen LogP contribution is -1.98. The van der Waals surface area contributed by atoms with Gasteiger partial charge in [-0.15, -0.1) is 0 Å². The van der Waals surface area contributed by atoms with Gasteiger partial charge in [-0.3, -0.25) is 0 Å². The molecule has 0 unspecified atom stereocenters. The van der Waals surface area contributed by atoms with Gasteiger partial charge in [0.25, 0.3) is 0 Å². The molecule has 0 radical (unpaired) electrons. The van der Waals surface area contributed by atoms with Crippen molar-refractivity contribution in [3.8, 4) is 33.6 Å². The molecule has 0 aliphatic heterocycles. The molecule has 1 heterocycles. The lowest BCUT2D eigenvalue weighted by Gasteiger charge is -2.20. The SMILES string of the molecule is Cc1cc(C)nc(-c2cc3c(-c4ccc5ccccc5c4)c4ccccc4c(-c4ccc5ccccc5c4)c3cc2C)n1.